The Balaban J connectivity index is 1.49. The van der Waals surface area contributed by atoms with Gasteiger partial charge in [-0.3, -0.25) is 9.89 Å². The molecule has 0 radical (unpaired) electrons. The van der Waals surface area contributed by atoms with Crippen LogP contribution in [0.4, 0.5) is 5.69 Å². The summed E-state index contributed by atoms with van der Waals surface area (Å²) in [6, 6.07) is 13.1. The molecule has 0 bridgehead atoms. The Kier molecular flexibility index (Phi) is 4.61. The van der Waals surface area contributed by atoms with Gasteiger partial charge in [0.1, 0.15) is 11.4 Å². The van der Waals surface area contributed by atoms with E-state index in [0.717, 1.165) is 32.0 Å². The average molecular weight is 465 g/mol. The van der Waals surface area contributed by atoms with Gasteiger partial charge in [-0.1, -0.05) is 28.1 Å². The van der Waals surface area contributed by atoms with E-state index in [1.165, 1.54) is 0 Å². The maximum Gasteiger partial charge on any atom is 0.261 e. The highest BCUT2D eigenvalue weighted by atomic mass is 79.9. The molecule has 5 aromatic rings. The normalized spacial score (nSPS) is 12.5. The highest BCUT2D eigenvalue weighted by molar-refractivity contribution is 9.10. The van der Waals surface area contributed by atoms with Crippen molar-refractivity contribution in [3.63, 3.8) is 0 Å². The van der Waals surface area contributed by atoms with Gasteiger partial charge in [0, 0.05) is 22.6 Å². The Morgan fingerprint density at radius 3 is 2.93 bits per heavy atom. The maximum absolute atomic E-state index is 12.6. The van der Waals surface area contributed by atoms with E-state index in [1.807, 2.05) is 36.4 Å². The number of fused-ring (bicyclic) bond motifs is 2. The second kappa shape index (κ2) is 7.43. The third kappa shape index (κ3) is 3.38. The summed E-state index contributed by atoms with van der Waals surface area (Å²) in [5, 5.41) is 21.6. The zero-order valence-electron chi connectivity index (χ0n) is 15.6. The third-order valence-corrected chi connectivity index (χ3v) is 5.45. The van der Waals surface area contributed by atoms with Gasteiger partial charge in [-0.2, -0.15) is 5.10 Å². The number of aromatic nitrogens is 5. The number of aromatic amines is 3. The molecule has 0 unspecified atom stereocenters. The number of imidazole rings is 1. The van der Waals surface area contributed by atoms with Crippen molar-refractivity contribution in [3.8, 4) is 11.4 Å². The van der Waals surface area contributed by atoms with E-state index in [9.17, 15) is 9.90 Å². The van der Waals surface area contributed by atoms with Gasteiger partial charge in [0.05, 0.1) is 34.5 Å². The molecule has 0 aliphatic rings. The van der Waals surface area contributed by atoms with Crippen LogP contribution in [0.25, 0.3) is 33.3 Å². The highest BCUT2D eigenvalue weighted by Gasteiger charge is 2.16. The van der Waals surface area contributed by atoms with E-state index >= 15 is 0 Å². The Labute approximate surface area is 178 Å². The molecule has 5 N–H and O–H groups in total. The molecule has 30 heavy (non-hydrogen) atoms. The molecule has 2 aromatic carbocycles. The number of aliphatic hydroxyl groups is 1. The number of anilines is 1. The topological polar surface area (TPSA) is 122 Å². The summed E-state index contributed by atoms with van der Waals surface area (Å²) in [5.41, 5.74) is 3.89. The fraction of sp³-hybridized carbons (Fsp3) is 0.0952. The maximum atomic E-state index is 12.6. The molecule has 8 nitrogen and oxygen atoms in total. The second-order valence-corrected chi connectivity index (χ2v) is 7.87. The molecule has 0 spiro atoms. The fourth-order valence-electron chi connectivity index (χ4n) is 3.47. The Morgan fingerprint density at radius 2 is 2.07 bits per heavy atom. The van der Waals surface area contributed by atoms with Crippen LogP contribution in [0.2, 0.25) is 0 Å². The number of benzene rings is 2. The molecular formula is C21H17BrN6O2. The summed E-state index contributed by atoms with van der Waals surface area (Å²) < 4.78 is 0.893. The van der Waals surface area contributed by atoms with Gasteiger partial charge in [0.2, 0.25) is 0 Å². The third-order valence-electron chi connectivity index (χ3n) is 4.96. The zero-order chi connectivity index (χ0) is 20.7. The van der Waals surface area contributed by atoms with Gasteiger partial charge in [-0.15, -0.1) is 0 Å². The molecule has 0 saturated carbocycles. The first-order chi connectivity index (χ1) is 14.6. The molecule has 0 amide bonds. The van der Waals surface area contributed by atoms with E-state index in [-0.39, 0.29) is 12.1 Å². The smallest absolute Gasteiger partial charge is 0.261 e. The second-order valence-electron chi connectivity index (χ2n) is 6.96. The standard InChI is InChI=1S/C21H17BrN6O2/c22-13-3-1-2-11(6-13)18(29)10-24-14-4-5-23-21(30)19(14)20-26-16-7-12-9-25-28-15(12)8-17(16)27-20/h1-9,18,29H,10H2,(H,25,28)(H,26,27)(H2,23,24,30)/t18-/m1/s1. The highest BCUT2D eigenvalue weighted by Crippen LogP contribution is 2.27. The summed E-state index contributed by atoms with van der Waals surface area (Å²) in [6.07, 6.45) is 2.56. The molecular weight excluding hydrogens is 448 g/mol. The first-order valence-corrected chi connectivity index (χ1v) is 10.1. The number of nitrogens with zero attached hydrogens (tertiary/aromatic N) is 2. The number of hydrogen-bond acceptors (Lipinski definition) is 5. The van der Waals surface area contributed by atoms with Crippen LogP contribution < -0.4 is 10.9 Å². The molecule has 150 valence electrons. The fourth-order valence-corrected chi connectivity index (χ4v) is 3.88. The van der Waals surface area contributed by atoms with Crippen molar-refractivity contribution in [1.82, 2.24) is 25.1 Å². The number of pyridine rings is 1. The quantitative estimate of drug-likeness (QED) is 0.271. The number of rotatable bonds is 5. The van der Waals surface area contributed by atoms with Crippen molar-refractivity contribution in [3.05, 3.63) is 75.2 Å². The minimum Gasteiger partial charge on any atom is -0.387 e. The Bertz CT molecular complexity index is 1370. The summed E-state index contributed by atoms with van der Waals surface area (Å²) >= 11 is 3.41. The molecule has 0 aliphatic heterocycles. The molecule has 0 aliphatic carbocycles. The van der Waals surface area contributed by atoms with Crippen molar-refractivity contribution in [2.45, 2.75) is 6.10 Å². The minimum atomic E-state index is -0.737. The van der Waals surface area contributed by atoms with Crippen molar-refractivity contribution in [1.29, 1.82) is 0 Å². The predicted molar refractivity (Wildman–Crippen MR) is 119 cm³/mol. The van der Waals surface area contributed by atoms with Crippen LogP contribution in [0.3, 0.4) is 0 Å². The van der Waals surface area contributed by atoms with Gasteiger partial charge in [0.25, 0.3) is 5.56 Å². The lowest BCUT2D eigenvalue weighted by Crippen LogP contribution is -2.17. The summed E-state index contributed by atoms with van der Waals surface area (Å²) in [6.45, 7) is 0.238. The first-order valence-electron chi connectivity index (χ1n) is 9.31. The van der Waals surface area contributed by atoms with Crippen molar-refractivity contribution < 1.29 is 5.11 Å². The molecule has 0 fully saturated rings. The lowest BCUT2D eigenvalue weighted by Gasteiger charge is -2.15. The van der Waals surface area contributed by atoms with Gasteiger partial charge in [0.15, 0.2) is 0 Å². The van der Waals surface area contributed by atoms with E-state index in [1.54, 1.807) is 18.5 Å². The number of nitrogens with one attached hydrogen (secondary N) is 4. The van der Waals surface area contributed by atoms with E-state index in [0.29, 0.717) is 17.1 Å². The SMILES string of the molecule is O=c1[nH]ccc(NC[C@@H](O)c2cccc(Br)c2)c1-c1nc2cc3cn[nH]c3cc2[nH]1. The van der Waals surface area contributed by atoms with Crippen LogP contribution in [-0.2, 0) is 0 Å². The predicted octanol–water partition coefficient (Wildman–Crippen LogP) is 3.70. The van der Waals surface area contributed by atoms with Crippen LogP contribution in [0, 0.1) is 0 Å². The van der Waals surface area contributed by atoms with Gasteiger partial charge in [-0.25, -0.2) is 4.98 Å². The molecule has 1 atom stereocenters. The molecule has 9 heteroatoms. The van der Waals surface area contributed by atoms with Crippen molar-refractivity contribution in [2.75, 3.05) is 11.9 Å². The number of hydrogen-bond donors (Lipinski definition) is 5. The van der Waals surface area contributed by atoms with Crippen LogP contribution >= 0.6 is 15.9 Å². The molecule has 0 saturated heterocycles. The van der Waals surface area contributed by atoms with Crippen molar-refractivity contribution >= 4 is 43.6 Å². The lowest BCUT2D eigenvalue weighted by atomic mass is 10.1. The Hall–Kier alpha value is -3.43. The lowest BCUT2D eigenvalue weighted by molar-refractivity contribution is 0.191. The summed E-state index contributed by atoms with van der Waals surface area (Å²) in [7, 11) is 0. The largest absolute Gasteiger partial charge is 0.387 e. The van der Waals surface area contributed by atoms with E-state index < -0.39 is 6.10 Å². The van der Waals surface area contributed by atoms with Gasteiger partial charge in [-0.05, 0) is 35.9 Å². The minimum absolute atomic E-state index is 0.238. The Morgan fingerprint density at radius 1 is 1.17 bits per heavy atom. The monoisotopic (exact) mass is 464 g/mol. The first kappa shape index (κ1) is 18.6. The number of aliphatic hydroxyl groups excluding tert-OH is 1. The van der Waals surface area contributed by atoms with Gasteiger partial charge < -0.3 is 20.4 Å². The molecule has 5 rings (SSSR count). The van der Waals surface area contributed by atoms with E-state index in [2.05, 4.69) is 46.4 Å². The average Bonchev–Trinajstić information content (AvgIpc) is 3.35. The molecule has 3 aromatic heterocycles. The zero-order valence-corrected chi connectivity index (χ0v) is 17.2. The summed E-state index contributed by atoms with van der Waals surface area (Å²) in [4.78, 5) is 23.1. The van der Waals surface area contributed by atoms with Crippen molar-refractivity contribution in [2.24, 2.45) is 0 Å². The van der Waals surface area contributed by atoms with Crippen LogP contribution in [0.15, 0.2) is 64.1 Å². The van der Waals surface area contributed by atoms with Crippen LogP contribution in [-0.4, -0.2) is 36.8 Å². The van der Waals surface area contributed by atoms with Crippen LogP contribution in [0.1, 0.15) is 11.7 Å². The number of halogens is 1. The number of H-pyrrole nitrogens is 3. The van der Waals surface area contributed by atoms with Crippen LogP contribution in [0.5, 0.6) is 0 Å². The van der Waals surface area contributed by atoms with E-state index in [4.69, 9.17) is 0 Å². The van der Waals surface area contributed by atoms with Gasteiger partial charge >= 0.3 is 0 Å². The summed E-state index contributed by atoms with van der Waals surface area (Å²) in [5.74, 6) is 0.451. The molecule has 3 heterocycles.